The number of hydrogen-bond acceptors (Lipinski definition) is 4. The molecule has 0 bridgehead atoms. The van der Waals surface area contributed by atoms with Crippen LogP contribution in [0.25, 0.3) is 0 Å². The molecule has 1 aliphatic heterocycles. The second-order valence-corrected chi connectivity index (χ2v) is 6.91. The van der Waals surface area contributed by atoms with Crippen molar-refractivity contribution in [1.29, 1.82) is 0 Å². The third-order valence-corrected chi connectivity index (χ3v) is 4.85. The van der Waals surface area contributed by atoms with Gasteiger partial charge in [-0.3, -0.25) is 4.98 Å². The van der Waals surface area contributed by atoms with Crippen molar-refractivity contribution in [1.82, 2.24) is 14.0 Å². The number of aromatic nitrogens is 1. The Morgan fingerprint density at radius 2 is 2.15 bits per heavy atom. The van der Waals surface area contributed by atoms with E-state index in [1.54, 1.807) is 12.4 Å². The zero-order chi connectivity index (χ0) is 14.6. The van der Waals surface area contributed by atoms with Gasteiger partial charge < -0.3 is 4.74 Å². The van der Waals surface area contributed by atoms with Crippen molar-refractivity contribution in [3.05, 3.63) is 30.1 Å². The lowest BCUT2D eigenvalue weighted by Gasteiger charge is -2.19. The number of nitrogens with one attached hydrogen (secondary N) is 1. The van der Waals surface area contributed by atoms with E-state index < -0.39 is 10.2 Å². The zero-order valence-electron chi connectivity index (χ0n) is 11.8. The second kappa shape index (κ2) is 6.62. The van der Waals surface area contributed by atoms with Crippen molar-refractivity contribution < 1.29 is 13.2 Å². The number of rotatable bonds is 6. The molecule has 0 amide bonds. The van der Waals surface area contributed by atoms with Gasteiger partial charge in [0.15, 0.2) is 0 Å². The summed E-state index contributed by atoms with van der Waals surface area (Å²) in [5, 5.41) is 0. The molecular weight excluding hydrogens is 278 g/mol. The summed E-state index contributed by atoms with van der Waals surface area (Å²) in [4.78, 5) is 3.95. The molecule has 0 aliphatic carbocycles. The van der Waals surface area contributed by atoms with Crippen LogP contribution < -0.4 is 4.72 Å². The number of ether oxygens (including phenoxy) is 1. The van der Waals surface area contributed by atoms with Crippen molar-refractivity contribution in [3.63, 3.8) is 0 Å². The van der Waals surface area contributed by atoms with E-state index >= 15 is 0 Å². The SMILES string of the molecule is CC(C)NS(=O)(=O)N1CC[C@H](OCc2ccncc2)C1. The molecule has 20 heavy (non-hydrogen) atoms. The first-order valence-corrected chi connectivity index (χ1v) is 8.19. The van der Waals surface area contributed by atoms with Gasteiger partial charge in [-0.05, 0) is 38.0 Å². The fourth-order valence-electron chi connectivity index (χ4n) is 2.12. The number of pyridine rings is 1. The maximum Gasteiger partial charge on any atom is 0.279 e. The highest BCUT2D eigenvalue weighted by atomic mass is 32.2. The van der Waals surface area contributed by atoms with Crippen LogP contribution >= 0.6 is 0 Å². The average Bonchev–Trinajstić information content (AvgIpc) is 2.86. The van der Waals surface area contributed by atoms with Crippen molar-refractivity contribution in [2.24, 2.45) is 0 Å². The monoisotopic (exact) mass is 299 g/mol. The molecule has 1 fully saturated rings. The van der Waals surface area contributed by atoms with E-state index in [9.17, 15) is 8.42 Å². The van der Waals surface area contributed by atoms with E-state index in [2.05, 4.69) is 9.71 Å². The molecule has 0 saturated carbocycles. The van der Waals surface area contributed by atoms with E-state index in [4.69, 9.17) is 4.74 Å². The first kappa shape index (κ1) is 15.4. The van der Waals surface area contributed by atoms with Crippen LogP contribution in [0, 0.1) is 0 Å². The Morgan fingerprint density at radius 3 is 2.80 bits per heavy atom. The maximum atomic E-state index is 12.0. The molecule has 6 nitrogen and oxygen atoms in total. The smallest absolute Gasteiger partial charge is 0.279 e. The van der Waals surface area contributed by atoms with E-state index in [1.165, 1.54) is 4.31 Å². The third kappa shape index (κ3) is 4.24. The van der Waals surface area contributed by atoms with Gasteiger partial charge >= 0.3 is 0 Å². The molecule has 0 aromatic carbocycles. The van der Waals surface area contributed by atoms with Crippen LogP contribution in [-0.4, -0.2) is 42.9 Å². The summed E-state index contributed by atoms with van der Waals surface area (Å²) < 4.78 is 33.8. The summed E-state index contributed by atoms with van der Waals surface area (Å²) >= 11 is 0. The Hall–Kier alpha value is -1.02. The van der Waals surface area contributed by atoms with E-state index in [0.29, 0.717) is 19.7 Å². The van der Waals surface area contributed by atoms with Crippen LogP contribution in [0.15, 0.2) is 24.5 Å². The molecule has 1 saturated heterocycles. The molecule has 2 rings (SSSR count). The van der Waals surface area contributed by atoms with Crippen LogP contribution in [0.5, 0.6) is 0 Å². The summed E-state index contributed by atoms with van der Waals surface area (Å²) in [6.45, 7) is 5.02. The molecule has 0 radical (unpaired) electrons. The van der Waals surface area contributed by atoms with Gasteiger partial charge in [-0.2, -0.15) is 17.4 Å². The van der Waals surface area contributed by atoms with E-state index in [0.717, 1.165) is 12.0 Å². The summed E-state index contributed by atoms with van der Waals surface area (Å²) in [5.41, 5.74) is 1.04. The molecule has 1 aliphatic rings. The van der Waals surface area contributed by atoms with Crippen molar-refractivity contribution in [3.8, 4) is 0 Å². The standard InChI is InChI=1S/C13H21N3O3S/c1-11(2)15-20(17,18)16-8-5-13(9-16)19-10-12-3-6-14-7-4-12/h3-4,6-7,11,13,15H,5,8-10H2,1-2H3/t13-/m0/s1. The first-order valence-electron chi connectivity index (χ1n) is 6.75. The highest BCUT2D eigenvalue weighted by Gasteiger charge is 2.32. The quantitative estimate of drug-likeness (QED) is 0.848. The molecule has 112 valence electrons. The molecule has 7 heteroatoms. The van der Waals surface area contributed by atoms with Crippen LogP contribution in [0.3, 0.4) is 0 Å². The van der Waals surface area contributed by atoms with Gasteiger partial charge in [0.1, 0.15) is 0 Å². The minimum atomic E-state index is -3.38. The molecule has 1 atom stereocenters. The molecule has 0 spiro atoms. The van der Waals surface area contributed by atoms with Gasteiger partial charge in [-0.15, -0.1) is 0 Å². The Labute approximate surface area is 120 Å². The third-order valence-electron chi connectivity index (χ3n) is 3.07. The van der Waals surface area contributed by atoms with Gasteiger partial charge in [0, 0.05) is 31.5 Å². The molecular formula is C13H21N3O3S. The number of hydrogen-bond donors (Lipinski definition) is 1. The van der Waals surface area contributed by atoms with Crippen molar-refractivity contribution in [2.75, 3.05) is 13.1 Å². The van der Waals surface area contributed by atoms with E-state index in [1.807, 2.05) is 26.0 Å². The van der Waals surface area contributed by atoms with Gasteiger partial charge in [0.25, 0.3) is 10.2 Å². The lowest BCUT2D eigenvalue weighted by molar-refractivity contribution is 0.0508. The van der Waals surface area contributed by atoms with E-state index in [-0.39, 0.29) is 12.1 Å². The Balaban J connectivity index is 1.83. The van der Waals surface area contributed by atoms with Crippen LogP contribution in [0.1, 0.15) is 25.8 Å². The second-order valence-electron chi connectivity index (χ2n) is 5.21. The van der Waals surface area contributed by atoms with Crippen molar-refractivity contribution in [2.45, 2.75) is 39.0 Å². The fraction of sp³-hybridized carbons (Fsp3) is 0.615. The normalized spacial score (nSPS) is 20.6. The van der Waals surface area contributed by atoms with Gasteiger partial charge in [0.05, 0.1) is 12.7 Å². The lowest BCUT2D eigenvalue weighted by Crippen LogP contribution is -2.42. The van der Waals surface area contributed by atoms with Gasteiger partial charge in [-0.25, -0.2) is 0 Å². The molecule has 1 aromatic rings. The van der Waals surface area contributed by atoms with Crippen molar-refractivity contribution >= 4 is 10.2 Å². The van der Waals surface area contributed by atoms with Gasteiger partial charge in [0.2, 0.25) is 0 Å². The predicted octanol–water partition coefficient (Wildman–Crippen LogP) is 0.915. The highest BCUT2D eigenvalue weighted by Crippen LogP contribution is 2.17. The van der Waals surface area contributed by atoms with Crippen LogP contribution in [0.4, 0.5) is 0 Å². The summed E-state index contributed by atoms with van der Waals surface area (Å²) in [7, 11) is -3.38. The largest absolute Gasteiger partial charge is 0.372 e. The summed E-state index contributed by atoms with van der Waals surface area (Å²) in [6.07, 6.45) is 4.11. The molecule has 0 unspecified atom stereocenters. The highest BCUT2D eigenvalue weighted by molar-refractivity contribution is 7.87. The minimum Gasteiger partial charge on any atom is -0.372 e. The Bertz CT molecular complexity index is 519. The molecule has 2 heterocycles. The summed E-state index contributed by atoms with van der Waals surface area (Å²) in [5.74, 6) is 0. The maximum absolute atomic E-state index is 12.0. The minimum absolute atomic E-state index is 0.0492. The van der Waals surface area contributed by atoms with Crippen LogP contribution in [-0.2, 0) is 21.6 Å². The fourth-order valence-corrected chi connectivity index (χ4v) is 3.57. The number of nitrogens with zero attached hydrogens (tertiary/aromatic N) is 2. The topological polar surface area (TPSA) is 71.5 Å². The lowest BCUT2D eigenvalue weighted by atomic mass is 10.3. The summed E-state index contributed by atoms with van der Waals surface area (Å²) in [6, 6.07) is 3.69. The first-order chi connectivity index (χ1) is 9.47. The Morgan fingerprint density at radius 1 is 1.45 bits per heavy atom. The predicted molar refractivity (Wildman–Crippen MR) is 76.2 cm³/mol. The zero-order valence-corrected chi connectivity index (χ0v) is 12.6. The molecule has 1 N–H and O–H groups in total. The average molecular weight is 299 g/mol. The Kier molecular flexibility index (Phi) is 5.09. The molecule has 1 aromatic heterocycles. The van der Waals surface area contributed by atoms with Crippen LogP contribution in [0.2, 0.25) is 0 Å². The van der Waals surface area contributed by atoms with Gasteiger partial charge in [-0.1, -0.05) is 0 Å².